The van der Waals surface area contributed by atoms with Gasteiger partial charge in [-0.05, 0) is 54.1 Å². The summed E-state index contributed by atoms with van der Waals surface area (Å²) in [7, 11) is -4.15. The maximum Gasteiger partial charge on any atom is 0.339 e. The zero-order valence-electron chi connectivity index (χ0n) is 14.6. The van der Waals surface area contributed by atoms with Gasteiger partial charge >= 0.3 is 16.0 Å². The van der Waals surface area contributed by atoms with Crippen molar-refractivity contribution in [2.75, 3.05) is 0 Å². The number of amides is 1. The molecule has 1 amide bonds. The molecule has 11 heteroatoms. The van der Waals surface area contributed by atoms with Gasteiger partial charge in [0.15, 0.2) is 5.76 Å². The van der Waals surface area contributed by atoms with Crippen LogP contribution >= 0.6 is 0 Å². The van der Waals surface area contributed by atoms with Crippen LogP contribution in [-0.2, 0) is 10.1 Å². The van der Waals surface area contributed by atoms with Crippen LogP contribution in [0.5, 0.6) is 5.75 Å². The molecule has 0 aliphatic heterocycles. The summed E-state index contributed by atoms with van der Waals surface area (Å²) in [5.41, 5.74) is 2.63. The Labute approximate surface area is 164 Å². The molecular formula is C18H13N3O7S. The van der Waals surface area contributed by atoms with E-state index >= 15 is 0 Å². The van der Waals surface area contributed by atoms with Crippen LogP contribution in [0.3, 0.4) is 0 Å². The first-order chi connectivity index (χ1) is 13.8. The third-order valence-electron chi connectivity index (χ3n) is 3.55. The van der Waals surface area contributed by atoms with E-state index in [2.05, 4.69) is 10.5 Å². The lowest BCUT2D eigenvalue weighted by Crippen LogP contribution is -2.16. The normalized spacial score (nSPS) is 11.3. The number of nitro groups is 1. The first-order valence-corrected chi connectivity index (χ1v) is 9.42. The number of rotatable bonds is 7. The molecule has 0 aliphatic carbocycles. The van der Waals surface area contributed by atoms with E-state index in [4.69, 9.17) is 8.60 Å². The third kappa shape index (κ3) is 5.05. The van der Waals surface area contributed by atoms with E-state index in [9.17, 15) is 23.3 Å². The summed E-state index contributed by atoms with van der Waals surface area (Å²) in [5.74, 6) is -0.358. The van der Waals surface area contributed by atoms with E-state index in [1.54, 1.807) is 6.07 Å². The van der Waals surface area contributed by atoms with Crippen LogP contribution in [0.2, 0.25) is 0 Å². The molecule has 2 aromatic carbocycles. The van der Waals surface area contributed by atoms with E-state index in [-0.39, 0.29) is 22.1 Å². The molecule has 29 heavy (non-hydrogen) atoms. The molecule has 0 saturated heterocycles. The van der Waals surface area contributed by atoms with Gasteiger partial charge in [0.1, 0.15) is 10.6 Å². The molecule has 1 aromatic heterocycles. The van der Waals surface area contributed by atoms with Crippen molar-refractivity contribution < 1.29 is 26.7 Å². The second kappa shape index (κ2) is 8.35. The van der Waals surface area contributed by atoms with Crippen LogP contribution in [0.1, 0.15) is 16.1 Å². The molecule has 0 aliphatic rings. The Morgan fingerprint density at radius 2 is 1.79 bits per heavy atom. The van der Waals surface area contributed by atoms with Crippen LogP contribution in [-0.4, -0.2) is 25.5 Å². The standard InChI is InChI=1S/C18H13N3O7S/c22-18(17-2-1-11-27-17)20-19-12-13-3-7-15(8-4-13)28-29(25,26)16-9-5-14(6-10-16)21(23)24/h1-12H,(H,20,22)/b19-12-. The van der Waals surface area contributed by atoms with Crippen molar-refractivity contribution in [2.45, 2.75) is 4.90 Å². The lowest BCUT2D eigenvalue weighted by molar-refractivity contribution is -0.384. The first kappa shape index (κ1) is 19.8. The average Bonchev–Trinajstić information content (AvgIpc) is 3.24. The summed E-state index contributed by atoms with van der Waals surface area (Å²) in [6.45, 7) is 0. The van der Waals surface area contributed by atoms with Crippen molar-refractivity contribution in [3.05, 3.63) is 88.4 Å². The summed E-state index contributed by atoms with van der Waals surface area (Å²) in [6, 6.07) is 13.3. The highest BCUT2D eigenvalue weighted by atomic mass is 32.2. The van der Waals surface area contributed by atoms with Gasteiger partial charge in [-0.15, -0.1) is 0 Å². The second-order valence-corrected chi connectivity index (χ2v) is 7.08. The maximum atomic E-state index is 12.3. The lowest BCUT2D eigenvalue weighted by atomic mass is 10.2. The van der Waals surface area contributed by atoms with Crippen molar-refractivity contribution in [3.8, 4) is 5.75 Å². The third-order valence-corrected chi connectivity index (χ3v) is 4.81. The van der Waals surface area contributed by atoms with E-state index in [1.807, 2.05) is 0 Å². The largest absolute Gasteiger partial charge is 0.459 e. The van der Waals surface area contributed by atoms with Gasteiger partial charge in [0.2, 0.25) is 0 Å². The zero-order valence-corrected chi connectivity index (χ0v) is 15.4. The topological polar surface area (TPSA) is 141 Å². The Kier molecular flexibility index (Phi) is 5.69. The summed E-state index contributed by atoms with van der Waals surface area (Å²) >= 11 is 0. The molecule has 1 heterocycles. The first-order valence-electron chi connectivity index (χ1n) is 8.01. The van der Waals surface area contributed by atoms with Crippen molar-refractivity contribution in [2.24, 2.45) is 5.10 Å². The SMILES string of the molecule is O=C(N/N=C\c1ccc(OS(=O)(=O)c2ccc([N+](=O)[O-])cc2)cc1)c1ccco1. The minimum Gasteiger partial charge on any atom is -0.459 e. The fraction of sp³-hybridized carbons (Fsp3) is 0. The number of carbonyl (C=O) groups is 1. The van der Waals surface area contributed by atoms with Gasteiger partial charge in [-0.1, -0.05) is 0 Å². The highest BCUT2D eigenvalue weighted by molar-refractivity contribution is 7.87. The number of non-ortho nitro benzene ring substituents is 1. The number of nitro benzene ring substituents is 1. The predicted molar refractivity (Wildman–Crippen MR) is 101 cm³/mol. The number of hydrogen-bond acceptors (Lipinski definition) is 8. The molecule has 10 nitrogen and oxygen atoms in total. The van der Waals surface area contributed by atoms with Gasteiger partial charge in [-0.3, -0.25) is 14.9 Å². The molecule has 148 valence electrons. The van der Waals surface area contributed by atoms with Crippen molar-refractivity contribution >= 4 is 27.9 Å². The van der Waals surface area contributed by atoms with E-state index in [0.717, 1.165) is 24.3 Å². The number of nitrogens with one attached hydrogen (secondary N) is 1. The van der Waals surface area contributed by atoms with E-state index < -0.39 is 20.9 Å². The van der Waals surface area contributed by atoms with Crippen LogP contribution < -0.4 is 9.61 Å². The van der Waals surface area contributed by atoms with Gasteiger partial charge in [-0.2, -0.15) is 13.5 Å². The maximum absolute atomic E-state index is 12.3. The molecule has 0 spiro atoms. The Hall–Kier alpha value is -3.99. The molecular weight excluding hydrogens is 402 g/mol. The van der Waals surface area contributed by atoms with Crippen LogP contribution in [0.25, 0.3) is 0 Å². The minimum absolute atomic E-state index is 0.0418. The van der Waals surface area contributed by atoms with Crippen LogP contribution in [0.4, 0.5) is 5.69 Å². The van der Waals surface area contributed by atoms with Gasteiger partial charge in [0.05, 0.1) is 17.4 Å². The predicted octanol–water partition coefficient (Wildman–Crippen LogP) is 2.72. The van der Waals surface area contributed by atoms with Crippen LogP contribution in [0, 0.1) is 10.1 Å². The summed E-state index contributed by atoms with van der Waals surface area (Å²) in [6.07, 6.45) is 2.72. The second-order valence-electron chi connectivity index (χ2n) is 5.53. The Morgan fingerprint density at radius 3 is 2.38 bits per heavy atom. The summed E-state index contributed by atoms with van der Waals surface area (Å²) in [4.78, 5) is 21.5. The Balaban J connectivity index is 1.63. The molecule has 0 saturated carbocycles. The fourth-order valence-electron chi connectivity index (χ4n) is 2.15. The molecule has 0 unspecified atom stereocenters. The number of carbonyl (C=O) groups excluding carboxylic acids is 1. The molecule has 1 N–H and O–H groups in total. The molecule has 0 radical (unpaired) electrons. The number of furan rings is 1. The molecule has 3 aromatic rings. The number of benzene rings is 2. The smallest absolute Gasteiger partial charge is 0.339 e. The molecule has 0 fully saturated rings. The minimum atomic E-state index is -4.15. The zero-order chi connectivity index (χ0) is 20.9. The van der Waals surface area contributed by atoms with Gasteiger partial charge in [0.25, 0.3) is 5.69 Å². The van der Waals surface area contributed by atoms with Crippen molar-refractivity contribution in [1.29, 1.82) is 0 Å². The Morgan fingerprint density at radius 1 is 1.10 bits per heavy atom. The van der Waals surface area contributed by atoms with Gasteiger partial charge in [0, 0.05) is 12.1 Å². The molecule has 0 bridgehead atoms. The highest BCUT2D eigenvalue weighted by Crippen LogP contribution is 2.21. The number of hydrazone groups is 1. The monoisotopic (exact) mass is 415 g/mol. The van der Waals surface area contributed by atoms with E-state index in [0.29, 0.717) is 5.56 Å². The average molecular weight is 415 g/mol. The van der Waals surface area contributed by atoms with Crippen molar-refractivity contribution in [3.63, 3.8) is 0 Å². The van der Waals surface area contributed by atoms with Gasteiger partial charge in [-0.25, -0.2) is 5.43 Å². The number of hydrogen-bond donors (Lipinski definition) is 1. The highest BCUT2D eigenvalue weighted by Gasteiger charge is 2.18. The van der Waals surface area contributed by atoms with Crippen LogP contribution in [0.15, 0.2) is 81.3 Å². The quantitative estimate of drug-likeness (QED) is 0.271. The van der Waals surface area contributed by atoms with Crippen molar-refractivity contribution in [1.82, 2.24) is 5.43 Å². The number of nitrogens with zero attached hydrogens (tertiary/aromatic N) is 2. The van der Waals surface area contributed by atoms with Gasteiger partial charge < -0.3 is 8.60 Å². The Bertz CT molecular complexity index is 1140. The molecule has 3 rings (SSSR count). The summed E-state index contributed by atoms with van der Waals surface area (Å²) < 4.78 is 34.4. The van der Waals surface area contributed by atoms with E-state index in [1.165, 1.54) is 42.8 Å². The lowest BCUT2D eigenvalue weighted by Gasteiger charge is -2.07. The molecule has 0 atom stereocenters. The fourth-order valence-corrected chi connectivity index (χ4v) is 3.08. The summed E-state index contributed by atoms with van der Waals surface area (Å²) in [5, 5.41) is 14.4.